The topological polar surface area (TPSA) is 80.9 Å². The second kappa shape index (κ2) is 10.5. The van der Waals surface area contributed by atoms with Crippen molar-refractivity contribution < 1.29 is 14.0 Å². The maximum atomic E-state index is 5.56. The van der Waals surface area contributed by atoms with Crippen molar-refractivity contribution in [1.29, 1.82) is 0 Å². The molecule has 0 aliphatic rings. The fraction of sp³-hybridized carbons (Fsp3) is 0.474. The van der Waals surface area contributed by atoms with Crippen LogP contribution in [0.25, 0.3) is 0 Å². The summed E-state index contributed by atoms with van der Waals surface area (Å²) in [4.78, 5) is 4.22. The van der Waals surface area contributed by atoms with Crippen molar-refractivity contribution in [2.45, 2.75) is 32.9 Å². The van der Waals surface area contributed by atoms with Gasteiger partial charge >= 0.3 is 0 Å². The number of guanidine groups is 1. The molecule has 2 N–H and O–H groups in total. The molecule has 1 aromatic heterocycles. The Morgan fingerprint density at radius 1 is 1.15 bits per heavy atom. The number of ether oxygens (including phenoxy) is 2. The van der Waals surface area contributed by atoms with Crippen LogP contribution in [-0.4, -0.2) is 38.5 Å². The number of aliphatic imine (C=N–C) groups is 1. The highest BCUT2D eigenvalue weighted by Gasteiger charge is 2.08. The summed E-state index contributed by atoms with van der Waals surface area (Å²) in [5.41, 5.74) is 2.09. The molecule has 26 heavy (non-hydrogen) atoms. The fourth-order valence-electron chi connectivity index (χ4n) is 2.21. The van der Waals surface area contributed by atoms with E-state index in [0.717, 1.165) is 22.8 Å². The van der Waals surface area contributed by atoms with Crippen LogP contribution >= 0.6 is 0 Å². The van der Waals surface area contributed by atoms with Gasteiger partial charge in [-0.2, -0.15) is 0 Å². The zero-order chi connectivity index (χ0) is 18.8. The van der Waals surface area contributed by atoms with Crippen molar-refractivity contribution in [3.63, 3.8) is 0 Å². The number of nitrogens with zero attached hydrogens (tertiary/aromatic N) is 2. The minimum absolute atomic E-state index is 0.353. The number of hydrogen-bond acceptors (Lipinski definition) is 5. The number of hydrogen-bond donors (Lipinski definition) is 2. The van der Waals surface area contributed by atoms with Gasteiger partial charge in [-0.05, 0) is 23.6 Å². The zero-order valence-corrected chi connectivity index (χ0v) is 15.9. The standard InChI is InChI=1S/C19H28N4O3/c1-14(2)18-11-17(26-23-18)13-22-19(20-3)21-12-15-5-7-16(8-6-15)25-10-9-24-4/h5-8,11,14H,9-10,12-13H2,1-4H3,(H2,20,21,22). The van der Waals surface area contributed by atoms with Gasteiger partial charge in [0.15, 0.2) is 11.7 Å². The van der Waals surface area contributed by atoms with Crippen molar-refractivity contribution in [3.05, 3.63) is 47.3 Å². The molecule has 1 aromatic carbocycles. The summed E-state index contributed by atoms with van der Waals surface area (Å²) in [7, 11) is 3.40. The van der Waals surface area contributed by atoms with E-state index >= 15 is 0 Å². The average molecular weight is 360 g/mol. The normalized spacial score (nSPS) is 11.7. The molecule has 0 unspecified atom stereocenters. The predicted octanol–water partition coefficient (Wildman–Crippen LogP) is 2.69. The lowest BCUT2D eigenvalue weighted by molar-refractivity contribution is 0.146. The van der Waals surface area contributed by atoms with Crippen molar-refractivity contribution >= 4 is 5.96 Å². The summed E-state index contributed by atoms with van der Waals surface area (Å²) in [5, 5.41) is 10.5. The summed E-state index contributed by atoms with van der Waals surface area (Å²) in [5.74, 6) is 2.67. The quantitative estimate of drug-likeness (QED) is 0.407. The number of rotatable bonds is 9. The highest BCUT2D eigenvalue weighted by Crippen LogP contribution is 2.14. The molecule has 0 bridgehead atoms. The van der Waals surface area contributed by atoms with Gasteiger partial charge in [0, 0.05) is 26.8 Å². The van der Waals surface area contributed by atoms with Gasteiger partial charge in [0.25, 0.3) is 0 Å². The molecule has 2 aromatic rings. The number of nitrogens with one attached hydrogen (secondary N) is 2. The SMILES string of the molecule is CN=C(NCc1ccc(OCCOC)cc1)NCc1cc(C(C)C)no1. The van der Waals surface area contributed by atoms with Gasteiger partial charge in [-0.3, -0.25) is 4.99 Å². The van der Waals surface area contributed by atoms with Crippen molar-refractivity contribution in [3.8, 4) is 5.75 Å². The van der Waals surface area contributed by atoms with Crippen molar-refractivity contribution in [2.75, 3.05) is 27.4 Å². The smallest absolute Gasteiger partial charge is 0.191 e. The lowest BCUT2D eigenvalue weighted by Crippen LogP contribution is -2.36. The van der Waals surface area contributed by atoms with Crippen LogP contribution < -0.4 is 15.4 Å². The molecule has 1 heterocycles. The van der Waals surface area contributed by atoms with Gasteiger partial charge < -0.3 is 24.6 Å². The number of aromatic nitrogens is 1. The van der Waals surface area contributed by atoms with E-state index in [1.165, 1.54) is 0 Å². The fourth-order valence-corrected chi connectivity index (χ4v) is 2.21. The molecule has 0 atom stereocenters. The first-order chi connectivity index (χ1) is 12.6. The van der Waals surface area contributed by atoms with Crippen LogP contribution in [0.3, 0.4) is 0 Å². The van der Waals surface area contributed by atoms with Crippen LogP contribution in [0.15, 0.2) is 39.8 Å². The molecule has 7 nitrogen and oxygen atoms in total. The molecule has 0 spiro atoms. The van der Waals surface area contributed by atoms with E-state index in [1.807, 2.05) is 30.3 Å². The summed E-state index contributed by atoms with van der Waals surface area (Å²) < 4.78 is 15.8. The van der Waals surface area contributed by atoms with Crippen LogP contribution in [0, 0.1) is 0 Å². The molecule has 2 rings (SSSR count). The second-order valence-corrected chi connectivity index (χ2v) is 6.14. The third kappa shape index (κ3) is 6.40. The van der Waals surface area contributed by atoms with Crippen LogP contribution in [0.4, 0.5) is 0 Å². The Bertz CT molecular complexity index is 680. The molecule has 0 saturated carbocycles. The second-order valence-electron chi connectivity index (χ2n) is 6.14. The molecular formula is C19H28N4O3. The third-order valence-corrected chi connectivity index (χ3v) is 3.76. The van der Waals surface area contributed by atoms with Crippen molar-refractivity contribution in [1.82, 2.24) is 15.8 Å². The molecule has 0 saturated heterocycles. The molecule has 0 fully saturated rings. The summed E-state index contributed by atoms with van der Waals surface area (Å²) in [6.07, 6.45) is 0. The monoisotopic (exact) mass is 360 g/mol. The number of methoxy groups -OCH3 is 1. The van der Waals surface area contributed by atoms with E-state index in [9.17, 15) is 0 Å². The Kier molecular flexibility index (Phi) is 7.95. The van der Waals surface area contributed by atoms with Gasteiger partial charge in [-0.25, -0.2) is 0 Å². The van der Waals surface area contributed by atoms with Crippen LogP contribution in [0.5, 0.6) is 5.75 Å². The van der Waals surface area contributed by atoms with Crippen LogP contribution in [0.1, 0.15) is 36.8 Å². The maximum Gasteiger partial charge on any atom is 0.191 e. The Morgan fingerprint density at radius 3 is 2.50 bits per heavy atom. The van der Waals surface area contributed by atoms with E-state index in [2.05, 4.69) is 34.6 Å². The summed E-state index contributed by atoms with van der Waals surface area (Å²) >= 11 is 0. The maximum absolute atomic E-state index is 5.56. The Hall–Kier alpha value is -2.54. The van der Waals surface area contributed by atoms with E-state index < -0.39 is 0 Å². The first kappa shape index (κ1) is 19.8. The minimum Gasteiger partial charge on any atom is -0.491 e. The Labute approximate surface area is 154 Å². The van der Waals surface area contributed by atoms with Crippen LogP contribution in [0.2, 0.25) is 0 Å². The molecule has 0 aliphatic carbocycles. The van der Waals surface area contributed by atoms with Gasteiger partial charge in [0.2, 0.25) is 0 Å². The van der Waals surface area contributed by atoms with E-state index in [4.69, 9.17) is 14.0 Å². The third-order valence-electron chi connectivity index (χ3n) is 3.76. The molecule has 0 radical (unpaired) electrons. The van der Waals surface area contributed by atoms with Gasteiger partial charge in [-0.1, -0.05) is 31.1 Å². The summed E-state index contributed by atoms with van der Waals surface area (Å²) in [6.45, 7) is 6.49. The first-order valence-electron chi connectivity index (χ1n) is 8.73. The largest absolute Gasteiger partial charge is 0.491 e. The highest BCUT2D eigenvalue weighted by molar-refractivity contribution is 5.79. The van der Waals surface area contributed by atoms with Gasteiger partial charge in [0.05, 0.1) is 18.8 Å². The molecule has 142 valence electrons. The highest BCUT2D eigenvalue weighted by atomic mass is 16.5. The molecular weight excluding hydrogens is 332 g/mol. The van der Waals surface area contributed by atoms with Crippen molar-refractivity contribution in [2.24, 2.45) is 4.99 Å². The van der Waals surface area contributed by atoms with Crippen LogP contribution in [-0.2, 0) is 17.8 Å². The number of benzene rings is 1. The van der Waals surface area contributed by atoms with Gasteiger partial charge in [-0.15, -0.1) is 0 Å². The summed E-state index contributed by atoms with van der Waals surface area (Å²) in [6, 6.07) is 9.91. The lowest BCUT2D eigenvalue weighted by Gasteiger charge is -2.11. The predicted molar refractivity (Wildman–Crippen MR) is 101 cm³/mol. The molecule has 7 heteroatoms. The average Bonchev–Trinajstić information content (AvgIpc) is 3.12. The Balaban J connectivity index is 1.77. The molecule has 0 amide bonds. The first-order valence-corrected chi connectivity index (χ1v) is 8.73. The Morgan fingerprint density at radius 2 is 1.88 bits per heavy atom. The van der Waals surface area contributed by atoms with Gasteiger partial charge in [0.1, 0.15) is 12.4 Å². The lowest BCUT2D eigenvalue weighted by atomic mass is 10.1. The van der Waals surface area contributed by atoms with E-state index in [-0.39, 0.29) is 0 Å². The van der Waals surface area contributed by atoms with E-state index in [1.54, 1.807) is 14.2 Å². The zero-order valence-electron chi connectivity index (χ0n) is 15.9. The molecule has 0 aliphatic heterocycles. The van der Waals surface area contributed by atoms with E-state index in [0.29, 0.717) is 38.2 Å². The minimum atomic E-state index is 0.353.